The number of benzene rings is 1. The molecule has 21 heavy (non-hydrogen) atoms. The molecule has 1 aromatic carbocycles. The minimum Gasteiger partial charge on any atom is -0.359 e. The van der Waals surface area contributed by atoms with Gasteiger partial charge < -0.3 is 16.0 Å². The van der Waals surface area contributed by atoms with Crippen LogP contribution in [0, 0.1) is 5.92 Å². The number of carbonyl (C=O) groups excluding carboxylic acids is 2. The molecule has 114 valence electrons. The number of piperidine rings is 1. The Morgan fingerprint density at radius 2 is 1.81 bits per heavy atom. The van der Waals surface area contributed by atoms with E-state index in [2.05, 4.69) is 5.32 Å². The third-order valence-corrected chi connectivity index (χ3v) is 4.22. The summed E-state index contributed by atoms with van der Waals surface area (Å²) in [4.78, 5) is 26.1. The fourth-order valence-corrected chi connectivity index (χ4v) is 2.79. The van der Waals surface area contributed by atoms with Gasteiger partial charge >= 0.3 is 0 Å². The zero-order valence-electron chi connectivity index (χ0n) is 12.6. The number of carbonyl (C=O) groups is 2. The molecule has 2 amide bonds. The van der Waals surface area contributed by atoms with Crippen LogP contribution in [-0.4, -0.2) is 36.9 Å². The summed E-state index contributed by atoms with van der Waals surface area (Å²) in [5, 5.41) is 2.67. The lowest BCUT2D eigenvalue weighted by Crippen LogP contribution is -2.53. The summed E-state index contributed by atoms with van der Waals surface area (Å²) in [7, 11) is 1.65. The largest absolute Gasteiger partial charge is 0.359 e. The molecular formula is C16H23N3O2. The normalized spacial score (nSPS) is 18.9. The summed E-state index contributed by atoms with van der Waals surface area (Å²) >= 11 is 0. The van der Waals surface area contributed by atoms with Gasteiger partial charge in [-0.05, 0) is 25.3 Å². The summed E-state index contributed by atoms with van der Waals surface area (Å²) in [6.07, 6.45) is 1.38. The molecule has 1 saturated heterocycles. The molecule has 1 aliphatic heterocycles. The van der Waals surface area contributed by atoms with Crippen LogP contribution in [0.3, 0.4) is 0 Å². The van der Waals surface area contributed by atoms with Crippen LogP contribution in [0.5, 0.6) is 0 Å². The van der Waals surface area contributed by atoms with Gasteiger partial charge in [0, 0.05) is 26.1 Å². The smallest absolute Gasteiger partial charge is 0.246 e. The molecular weight excluding hydrogens is 266 g/mol. The Morgan fingerprint density at radius 3 is 2.33 bits per heavy atom. The van der Waals surface area contributed by atoms with Crippen LogP contribution in [0.25, 0.3) is 0 Å². The Labute approximate surface area is 125 Å². The van der Waals surface area contributed by atoms with Crippen molar-refractivity contribution in [1.29, 1.82) is 0 Å². The van der Waals surface area contributed by atoms with E-state index in [9.17, 15) is 9.59 Å². The van der Waals surface area contributed by atoms with Gasteiger partial charge in [-0.3, -0.25) is 9.59 Å². The Hall–Kier alpha value is -1.88. The molecule has 0 spiro atoms. The van der Waals surface area contributed by atoms with Gasteiger partial charge in [0.25, 0.3) is 0 Å². The third-order valence-electron chi connectivity index (χ3n) is 4.22. The summed E-state index contributed by atoms with van der Waals surface area (Å²) in [6, 6.07) is 9.40. The number of hydrogen-bond acceptors (Lipinski definition) is 3. The van der Waals surface area contributed by atoms with Crippen molar-refractivity contribution >= 4 is 11.8 Å². The molecule has 0 aliphatic carbocycles. The molecule has 1 aliphatic rings. The predicted octanol–water partition coefficient (Wildman–Crippen LogP) is 0.845. The topological polar surface area (TPSA) is 75.4 Å². The second kappa shape index (κ2) is 6.26. The van der Waals surface area contributed by atoms with Crippen LogP contribution in [0.4, 0.5) is 0 Å². The maximum absolute atomic E-state index is 12.7. The van der Waals surface area contributed by atoms with Gasteiger partial charge in [-0.15, -0.1) is 0 Å². The first-order valence-electron chi connectivity index (χ1n) is 7.32. The maximum atomic E-state index is 12.7. The van der Waals surface area contributed by atoms with Crippen molar-refractivity contribution in [3.8, 4) is 0 Å². The van der Waals surface area contributed by atoms with Gasteiger partial charge in [0.05, 0.1) is 0 Å². The number of likely N-dealkylation sites (tertiary alicyclic amines) is 1. The van der Waals surface area contributed by atoms with E-state index < -0.39 is 5.54 Å². The van der Waals surface area contributed by atoms with Crippen LogP contribution in [0.15, 0.2) is 30.3 Å². The number of hydrogen-bond donors (Lipinski definition) is 2. The lowest BCUT2D eigenvalue weighted by Gasteiger charge is -2.36. The van der Waals surface area contributed by atoms with Crippen molar-refractivity contribution in [3.05, 3.63) is 35.9 Å². The average Bonchev–Trinajstić information content (AvgIpc) is 2.54. The van der Waals surface area contributed by atoms with Gasteiger partial charge in [-0.2, -0.15) is 0 Å². The first-order valence-corrected chi connectivity index (χ1v) is 7.32. The van der Waals surface area contributed by atoms with Crippen molar-refractivity contribution in [2.75, 3.05) is 20.1 Å². The van der Waals surface area contributed by atoms with Crippen molar-refractivity contribution in [2.24, 2.45) is 11.7 Å². The highest BCUT2D eigenvalue weighted by atomic mass is 16.2. The minimum atomic E-state index is -1.03. The number of nitrogens with two attached hydrogens (primary N) is 1. The Morgan fingerprint density at radius 1 is 1.24 bits per heavy atom. The molecule has 5 heteroatoms. The molecule has 1 aromatic rings. The van der Waals surface area contributed by atoms with Crippen LogP contribution in [-0.2, 0) is 15.1 Å². The molecule has 0 radical (unpaired) electrons. The molecule has 1 fully saturated rings. The van der Waals surface area contributed by atoms with Crippen molar-refractivity contribution in [2.45, 2.75) is 25.3 Å². The standard InChI is InChI=1S/C16H23N3O2/c1-16(17,13-6-4-3-5-7-13)15(21)19-10-8-12(9-11-19)14(20)18-2/h3-7,12H,8-11,17H2,1-2H3,(H,18,20). The number of nitrogens with one attached hydrogen (secondary N) is 1. The summed E-state index contributed by atoms with van der Waals surface area (Å²) < 4.78 is 0. The highest BCUT2D eigenvalue weighted by Crippen LogP contribution is 2.24. The summed E-state index contributed by atoms with van der Waals surface area (Å²) in [5.74, 6) is -0.0236. The molecule has 1 heterocycles. The van der Waals surface area contributed by atoms with E-state index in [1.807, 2.05) is 30.3 Å². The summed E-state index contributed by atoms with van der Waals surface area (Å²) in [5.41, 5.74) is 6.04. The van der Waals surface area contributed by atoms with E-state index in [4.69, 9.17) is 5.73 Å². The van der Waals surface area contributed by atoms with Gasteiger partial charge in [0.1, 0.15) is 5.54 Å². The van der Waals surface area contributed by atoms with Gasteiger partial charge in [-0.25, -0.2) is 0 Å². The molecule has 2 rings (SSSR count). The molecule has 1 unspecified atom stereocenters. The van der Waals surface area contributed by atoms with E-state index in [1.54, 1.807) is 18.9 Å². The number of nitrogens with zero attached hydrogens (tertiary/aromatic N) is 1. The third kappa shape index (κ3) is 3.24. The Bertz CT molecular complexity index is 506. The van der Waals surface area contributed by atoms with E-state index in [0.29, 0.717) is 25.9 Å². The number of amides is 2. The zero-order chi connectivity index (χ0) is 15.5. The van der Waals surface area contributed by atoms with Crippen LogP contribution < -0.4 is 11.1 Å². The van der Waals surface area contributed by atoms with Gasteiger partial charge in [0.2, 0.25) is 11.8 Å². The van der Waals surface area contributed by atoms with Crippen LogP contribution in [0.2, 0.25) is 0 Å². The Kier molecular flexibility index (Phi) is 4.63. The highest BCUT2D eigenvalue weighted by Gasteiger charge is 2.36. The van der Waals surface area contributed by atoms with Crippen molar-refractivity contribution < 1.29 is 9.59 Å². The lowest BCUT2D eigenvalue weighted by molar-refractivity contribution is -0.140. The number of rotatable bonds is 3. The average molecular weight is 289 g/mol. The van der Waals surface area contributed by atoms with Crippen molar-refractivity contribution in [1.82, 2.24) is 10.2 Å². The van der Waals surface area contributed by atoms with Crippen LogP contribution >= 0.6 is 0 Å². The fraction of sp³-hybridized carbons (Fsp3) is 0.500. The first-order chi connectivity index (χ1) is 9.96. The SMILES string of the molecule is CNC(=O)C1CCN(C(=O)C(C)(N)c2ccccc2)CC1. The predicted molar refractivity (Wildman–Crippen MR) is 81.4 cm³/mol. The zero-order valence-corrected chi connectivity index (χ0v) is 12.6. The highest BCUT2D eigenvalue weighted by molar-refractivity contribution is 5.87. The van der Waals surface area contributed by atoms with Gasteiger partial charge in [-0.1, -0.05) is 30.3 Å². The second-order valence-corrected chi connectivity index (χ2v) is 5.75. The molecule has 5 nitrogen and oxygen atoms in total. The van der Waals surface area contributed by atoms with Crippen molar-refractivity contribution in [3.63, 3.8) is 0 Å². The fourth-order valence-electron chi connectivity index (χ4n) is 2.79. The van der Waals surface area contributed by atoms with E-state index in [0.717, 1.165) is 5.56 Å². The monoisotopic (exact) mass is 289 g/mol. The van der Waals surface area contributed by atoms with Gasteiger partial charge in [0.15, 0.2) is 0 Å². The van der Waals surface area contributed by atoms with E-state index in [1.165, 1.54) is 0 Å². The van der Waals surface area contributed by atoms with E-state index >= 15 is 0 Å². The van der Waals surface area contributed by atoms with E-state index in [-0.39, 0.29) is 17.7 Å². The second-order valence-electron chi connectivity index (χ2n) is 5.75. The quantitative estimate of drug-likeness (QED) is 0.866. The summed E-state index contributed by atoms with van der Waals surface area (Å²) in [6.45, 7) is 2.91. The van der Waals surface area contributed by atoms with Crippen LogP contribution in [0.1, 0.15) is 25.3 Å². The molecule has 0 aromatic heterocycles. The lowest BCUT2D eigenvalue weighted by atomic mass is 9.89. The molecule has 3 N–H and O–H groups in total. The maximum Gasteiger partial charge on any atom is 0.246 e. The molecule has 1 atom stereocenters. The molecule has 0 saturated carbocycles. The molecule has 0 bridgehead atoms. The Balaban J connectivity index is 2.03. The first kappa shape index (κ1) is 15.5. The minimum absolute atomic E-state index is 0.000180.